The Morgan fingerprint density at radius 1 is 0.317 bits per heavy atom. The topological polar surface area (TPSA) is 78.9 Å². The molecule has 0 saturated heterocycles. The van der Waals surface area contributed by atoms with Crippen molar-refractivity contribution in [1.82, 2.24) is 0 Å². The lowest BCUT2D eigenvalue weighted by molar-refractivity contribution is -0.167. The molecule has 1 atom stereocenters. The number of hydrogen-bond donors (Lipinski definition) is 0. The van der Waals surface area contributed by atoms with Crippen molar-refractivity contribution in [3.8, 4) is 0 Å². The molecule has 0 bridgehead atoms. The van der Waals surface area contributed by atoms with Crippen LogP contribution in [0.25, 0.3) is 0 Å². The molecule has 0 fully saturated rings. The van der Waals surface area contributed by atoms with Crippen LogP contribution in [0.1, 0.15) is 297 Å². The van der Waals surface area contributed by atoms with Gasteiger partial charge in [0.25, 0.3) is 0 Å². The van der Waals surface area contributed by atoms with Crippen LogP contribution < -0.4 is 0 Å². The molecule has 0 aliphatic rings. The van der Waals surface area contributed by atoms with Gasteiger partial charge in [0.15, 0.2) is 6.10 Å². The van der Waals surface area contributed by atoms with Gasteiger partial charge in [-0.05, 0) is 44.9 Å². The average molecular weight is 847 g/mol. The van der Waals surface area contributed by atoms with Crippen LogP contribution in [0.4, 0.5) is 0 Å². The Kier molecular flexibility index (Phi) is 48.3. The van der Waals surface area contributed by atoms with Gasteiger partial charge < -0.3 is 14.2 Å². The first-order valence-corrected chi connectivity index (χ1v) is 26.7. The third kappa shape index (κ3) is 47.2. The number of hydrogen-bond acceptors (Lipinski definition) is 6. The SMILES string of the molecule is CCCCCCCCC/C=C\CCCCCCCC(=O)OC(COC(=O)CCCCCCCCCC)COC(=O)CCCCCCCCCCCCCCCCCCCC. The van der Waals surface area contributed by atoms with Crippen molar-refractivity contribution in [3.63, 3.8) is 0 Å². The van der Waals surface area contributed by atoms with Crippen molar-refractivity contribution in [3.05, 3.63) is 12.2 Å². The molecule has 0 aliphatic heterocycles. The Labute approximate surface area is 373 Å². The van der Waals surface area contributed by atoms with Gasteiger partial charge in [0.2, 0.25) is 0 Å². The lowest BCUT2D eigenvalue weighted by Crippen LogP contribution is -2.30. The van der Waals surface area contributed by atoms with Gasteiger partial charge in [0.1, 0.15) is 13.2 Å². The zero-order chi connectivity index (χ0) is 43.7. The summed E-state index contributed by atoms with van der Waals surface area (Å²) in [7, 11) is 0. The van der Waals surface area contributed by atoms with Gasteiger partial charge in [0.05, 0.1) is 0 Å². The summed E-state index contributed by atoms with van der Waals surface area (Å²) in [5, 5.41) is 0. The highest BCUT2D eigenvalue weighted by Crippen LogP contribution is 2.16. The average Bonchev–Trinajstić information content (AvgIpc) is 3.24. The molecule has 0 aromatic heterocycles. The molecule has 0 saturated carbocycles. The molecule has 1 unspecified atom stereocenters. The van der Waals surface area contributed by atoms with Crippen molar-refractivity contribution < 1.29 is 28.6 Å². The van der Waals surface area contributed by atoms with E-state index in [0.29, 0.717) is 19.3 Å². The lowest BCUT2D eigenvalue weighted by atomic mass is 10.0. The normalized spacial score (nSPS) is 12.0. The predicted molar refractivity (Wildman–Crippen MR) is 256 cm³/mol. The monoisotopic (exact) mass is 847 g/mol. The number of carbonyl (C=O) groups excluding carboxylic acids is 3. The lowest BCUT2D eigenvalue weighted by Gasteiger charge is -2.18. The largest absolute Gasteiger partial charge is 0.462 e. The van der Waals surface area contributed by atoms with Crippen molar-refractivity contribution in [2.24, 2.45) is 0 Å². The van der Waals surface area contributed by atoms with E-state index < -0.39 is 6.10 Å². The summed E-state index contributed by atoms with van der Waals surface area (Å²) in [5.41, 5.74) is 0. The number of ether oxygens (including phenoxy) is 3. The zero-order valence-electron chi connectivity index (χ0n) is 40.5. The summed E-state index contributed by atoms with van der Waals surface area (Å²) in [5.74, 6) is -0.864. The molecule has 0 aromatic carbocycles. The first-order valence-electron chi connectivity index (χ1n) is 26.7. The van der Waals surface area contributed by atoms with E-state index in [0.717, 1.165) is 64.2 Å². The van der Waals surface area contributed by atoms with Crippen LogP contribution in [0, 0.1) is 0 Å². The summed E-state index contributed by atoms with van der Waals surface area (Å²) in [4.78, 5) is 37.9. The zero-order valence-corrected chi connectivity index (χ0v) is 40.5. The summed E-state index contributed by atoms with van der Waals surface area (Å²) >= 11 is 0. The second kappa shape index (κ2) is 49.8. The van der Waals surface area contributed by atoms with E-state index >= 15 is 0 Å². The van der Waals surface area contributed by atoms with Crippen LogP contribution in [-0.4, -0.2) is 37.2 Å². The quantitative estimate of drug-likeness (QED) is 0.0263. The van der Waals surface area contributed by atoms with Crippen LogP contribution in [0.15, 0.2) is 12.2 Å². The van der Waals surface area contributed by atoms with Gasteiger partial charge >= 0.3 is 17.9 Å². The Hall–Kier alpha value is -1.85. The van der Waals surface area contributed by atoms with Crippen molar-refractivity contribution in [2.75, 3.05) is 13.2 Å². The Morgan fingerprint density at radius 2 is 0.550 bits per heavy atom. The van der Waals surface area contributed by atoms with Crippen molar-refractivity contribution in [2.45, 2.75) is 303 Å². The van der Waals surface area contributed by atoms with Crippen LogP contribution in [0.2, 0.25) is 0 Å². The number of carbonyl (C=O) groups is 3. The van der Waals surface area contributed by atoms with E-state index in [1.165, 1.54) is 193 Å². The van der Waals surface area contributed by atoms with E-state index in [2.05, 4.69) is 32.9 Å². The number of rotatable bonds is 49. The Morgan fingerprint density at radius 3 is 0.833 bits per heavy atom. The first kappa shape index (κ1) is 58.1. The maximum atomic E-state index is 12.8. The molecular formula is C54H102O6. The second-order valence-electron chi connectivity index (χ2n) is 18.2. The van der Waals surface area contributed by atoms with E-state index in [1.54, 1.807) is 0 Å². The standard InChI is InChI=1S/C54H102O6/c1-4-7-10-13-16-19-21-23-25-27-28-30-31-33-35-38-41-44-47-53(56)59-50-51(49-58-52(55)46-43-40-37-18-15-12-9-6-3)60-54(57)48-45-42-39-36-34-32-29-26-24-22-20-17-14-11-8-5-2/h26,29,51H,4-25,27-28,30-50H2,1-3H3/b29-26-. The van der Waals surface area contributed by atoms with Gasteiger partial charge in [-0.25, -0.2) is 0 Å². The van der Waals surface area contributed by atoms with Crippen molar-refractivity contribution in [1.29, 1.82) is 0 Å². The third-order valence-corrected chi connectivity index (χ3v) is 12.0. The number of allylic oxidation sites excluding steroid dienone is 2. The number of unbranched alkanes of at least 4 members (excludes halogenated alkanes) is 36. The molecule has 0 rings (SSSR count). The minimum Gasteiger partial charge on any atom is -0.462 e. The fraction of sp³-hybridized carbons (Fsp3) is 0.907. The fourth-order valence-corrected chi connectivity index (χ4v) is 7.97. The minimum atomic E-state index is -0.767. The summed E-state index contributed by atoms with van der Waals surface area (Å²) in [6, 6.07) is 0. The van der Waals surface area contributed by atoms with E-state index in [4.69, 9.17) is 14.2 Å². The van der Waals surface area contributed by atoms with Gasteiger partial charge in [-0.15, -0.1) is 0 Å². The Balaban J connectivity index is 4.23. The number of esters is 3. The van der Waals surface area contributed by atoms with E-state index in [1.807, 2.05) is 0 Å². The minimum absolute atomic E-state index is 0.0683. The molecule has 354 valence electrons. The molecule has 0 aliphatic carbocycles. The van der Waals surface area contributed by atoms with Crippen LogP contribution in [0.3, 0.4) is 0 Å². The summed E-state index contributed by atoms with van der Waals surface area (Å²) < 4.78 is 16.8. The molecule has 0 radical (unpaired) electrons. The van der Waals surface area contributed by atoms with E-state index in [-0.39, 0.29) is 31.1 Å². The Bertz CT molecular complexity index is 931. The van der Waals surface area contributed by atoms with Gasteiger partial charge in [0, 0.05) is 19.3 Å². The molecule has 0 heterocycles. The smallest absolute Gasteiger partial charge is 0.306 e. The molecule has 0 amide bonds. The van der Waals surface area contributed by atoms with Gasteiger partial charge in [-0.3, -0.25) is 14.4 Å². The molecular weight excluding hydrogens is 745 g/mol. The fourth-order valence-electron chi connectivity index (χ4n) is 7.97. The highest BCUT2D eigenvalue weighted by Gasteiger charge is 2.19. The molecule has 6 nitrogen and oxygen atoms in total. The van der Waals surface area contributed by atoms with Crippen LogP contribution in [0.5, 0.6) is 0 Å². The highest BCUT2D eigenvalue weighted by molar-refractivity contribution is 5.71. The molecule has 60 heavy (non-hydrogen) atoms. The van der Waals surface area contributed by atoms with Crippen molar-refractivity contribution >= 4 is 17.9 Å². The molecule has 0 aromatic rings. The maximum Gasteiger partial charge on any atom is 0.306 e. The predicted octanol–water partition coefficient (Wildman–Crippen LogP) is 17.4. The van der Waals surface area contributed by atoms with Crippen LogP contribution >= 0.6 is 0 Å². The third-order valence-electron chi connectivity index (χ3n) is 12.0. The van der Waals surface area contributed by atoms with Gasteiger partial charge in [-0.1, -0.05) is 245 Å². The highest BCUT2D eigenvalue weighted by atomic mass is 16.6. The first-order chi connectivity index (χ1) is 29.5. The van der Waals surface area contributed by atoms with Crippen LogP contribution in [-0.2, 0) is 28.6 Å². The maximum absolute atomic E-state index is 12.8. The molecule has 0 N–H and O–H groups in total. The summed E-state index contributed by atoms with van der Waals surface area (Å²) in [6.07, 6.45) is 54.9. The summed E-state index contributed by atoms with van der Waals surface area (Å²) in [6.45, 7) is 6.64. The molecule has 6 heteroatoms. The van der Waals surface area contributed by atoms with Gasteiger partial charge in [-0.2, -0.15) is 0 Å². The van der Waals surface area contributed by atoms with E-state index in [9.17, 15) is 14.4 Å². The molecule has 0 spiro atoms. The second-order valence-corrected chi connectivity index (χ2v) is 18.2.